The van der Waals surface area contributed by atoms with Gasteiger partial charge in [0.1, 0.15) is 5.69 Å². The van der Waals surface area contributed by atoms with E-state index in [4.69, 9.17) is 10.8 Å². The summed E-state index contributed by atoms with van der Waals surface area (Å²) < 4.78 is 0. The second-order valence-electron chi connectivity index (χ2n) is 4.09. The summed E-state index contributed by atoms with van der Waals surface area (Å²) in [5.41, 5.74) is 5.06. The minimum atomic E-state index is -0.917. The molecule has 0 spiro atoms. The summed E-state index contributed by atoms with van der Waals surface area (Å²) in [4.78, 5) is 28.2. The van der Waals surface area contributed by atoms with Crippen LogP contribution in [0.15, 0.2) is 11.1 Å². The quantitative estimate of drug-likeness (QED) is 0.586. The van der Waals surface area contributed by atoms with Crippen molar-refractivity contribution < 1.29 is 9.90 Å². The number of nitrogens with two attached hydrogens (primary N) is 1. The van der Waals surface area contributed by atoms with Crippen LogP contribution in [0, 0.1) is 5.92 Å². The first-order valence-corrected chi connectivity index (χ1v) is 5.23. The molecule has 1 aromatic heterocycles. The lowest BCUT2D eigenvalue weighted by Gasteiger charge is -2.21. The van der Waals surface area contributed by atoms with E-state index in [-0.39, 0.29) is 29.9 Å². The molecule has 0 aromatic carbocycles. The first-order chi connectivity index (χ1) is 7.91. The number of nitrogens with zero attached hydrogens (tertiary/aromatic N) is 1. The van der Waals surface area contributed by atoms with Crippen LogP contribution in [0.5, 0.6) is 0 Å². The lowest BCUT2D eigenvalue weighted by atomic mass is 10.0. The molecule has 0 saturated carbocycles. The fourth-order valence-electron chi connectivity index (χ4n) is 1.34. The Bertz CT molecular complexity index is 455. The molecule has 1 aromatic rings. The van der Waals surface area contributed by atoms with Crippen molar-refractivity contribution in [2.45, 2.75) is 26.3 Å². The maximum Gasteiger partial charge on any atom is 0.305 e. The highest BCUT2D eigenvalue weighted by Crippen LogP contribution is 2.15. The summed E-state index contributed by atoms with van der Waals surface area (Å²) in [6, 6.07) is -0.330. The van der Waals surface area contributed by atoms with Crippen LogP contribution in [0.25, 0.3) is 0 Å². The number of anilines is 2. The third-order valence-corrected chi connectivity index (χ3v) is 2.41. The highest BCUT2D eigenvalue weighted by molar-refractivity contribution is 5.69. The van der Waals surface area contributed by atoms with Crippen molar-refractivity contribution in [2.75, 3.05) is 11.1 Å². The van der Waals surface area contributed by atoms with E-state index in [0.717, 1.165) is 0 Å². The number of aromatic nitrogens is 2. The van der Waals surface area contributed by atoms with Crippen molar-refractivity contribution in [3.8, 4) is 0 Å². The lowest BCUT2D eigenvalue weighted by molar-refractivity contribution is -0.137. The van der Waals surface area contributed by atoms with E-state index in [1.54, 1.807) is 0 Å². The molecular formula is C10H16N4O3. The molecule has 1 rings (SSSR count). The number of nitrogen functional groups attached to an aromatic ring is 1. The normalized spacial score (nSPS) is 12.4. The molecule has 5 N–H and O–H groups in total. The van der Waals surface area contributed by atoms with E-state index < -0.39 is 11.5 Å². The number of carbonyl (C=O) groups is 1. The Kier molecular flexibility index (Phi) is 4.08. The van der Waals surface area contributed by atoms with Gasteiger partial charge in [0.05, 0.1) is 12.7 Å². The monoisotopic (exact) mass is 240 g/mol. The number of rotatable bonds is 5. The average Bonchev–Trinajstić information content (AvgIpc) is 2.22. The first kappa shape index (κ1) is 13.0. The van der Waals surface area contributed by atoms with Crippen molar-refractivity contribution in [3.05, 3.63) is 16.7 Å². The maximum absolute atomic E-state index is 11.2. The van der Waals surface area contributed by atoms with Crippen molar-refractivity contribution in [1.82, 2.24) is 9.97 Å². The minimum absolute atomic E-state index is 0.0384. The Morgan fingerprint density at radius 2 is 2.29 bits per heavy atom. The molecule has 1 heterocycles. The Hall–Kier alpha value is -2.05. The molecule has 1 atom stereocenters. The van der Waals surface area contributed by atoms with Crippen LogP contribution in [0.2, 0.25) is 0 Å². The number of aromatic amines is 1. The average molecular weight is 240 g/mol. The molecule has 1 unspecified atom stereocenters. The van der Waals surface area contributed by atoms with Gasteiger partial charge in [0.2, 0.25) is 0 Å². The molecule has 0 saturated heterocycles. The SMILES string of the molecule is CC(C)C(CC(=O)O)Nc1nc[nH]c(=O)c1N. The lowest BCUT2D eigenvalue weighted by Crippen LogP contribution is -2.30. The van der Waals surface area contributed by atoms with E-state index >= 15 is 0 Å². The van der Waals surface area contributed by atoms with E-state index in [9.17, 15) is 9.59 Å². The van der Waals surface area contributed by atoms with Crippen LogP contribution in [-0.2, 0) is 4.79 Å². The van der Waals surface area contributed by atoms with Crippen molar-refractivity contribution >= 4 is 17.5 Å². The van der Waals surface area contributed by atoms with Crippen LogP contribution in [0.3, 0.4) is 0 Å². The second kappa shape index (κ2) is 5.33. The molecule has 0 bridgehead atoms. The zero-order valence-electron chi connectivity index (χ0n) is 9.73. The van der Waals surface area contributed by atoms with Gasteiger partial charge in [-0.3, -0.25) is 9.59 Å². The fraction of sp³-hybridized carbons (Fsp3) is 0.500. The van der Waals surface area contributed by atoms with Gasteiger partial charge in [0.25, 0.3) is 5.56 Å². The third-order valence-electron chi connectivity index (χ3n) is 2.41. The summed E-state index contributed by atoms with van der Waals surface area (Å²) >= 11 is 0. The van der Waals surface area contributed by atoms with Gasteiger partial charge in [-0.25, -0.2) is 4.98 Å². The summed E-state index contributed by atoms with van der Waals surface area (Å²) in [5, 5.41) is 11.7. The Balaban J connectivity index is 2.90. The topological polar surface area (TPSA) is 121 Å². The molecule has 17 heavy (non-hydrogen) atoms. The van der Waals surface area contributed by atoms with E-state index in [0.29, 0.717) is 0 Å². The molecular weight excluding hydrogens is 224 g/mol. The summed E-state index contributed by atoms with van der Waals surface area (Å²) in [6.45, 7) is 3.76. The van der Waals surface area contributed by atoms with Gasteiger partial charge >= 0.3 is 5.97 Å². The highest BCUT2D eigenvalue weighted by Gasteiger charge is 2.18. The van der Waals surface area contributed by atoms with Crippen LogP contribution in [0.4, 0.5) is 11.5 Å². The van der Waals surface area contributed by atoms with Crippen LogP contribution in [-0.4, -0.2) is 27.1 Å². The highest BCUT2D eigenvalue weighted by atomic mass is 16.4. The van der Waals surface area contributed by atoms with Crippen LogP contribution < -0.4 is 16.6 Å². The zero-order valence-corrected chi connectivity index (χ0v) is 9.73. The fourth-order valence-corrected chi connectivity index (χ4v) is 1.34. The molecule has 0 aliphatic rings. The third kappa shape index (κ3) is 3.47. The van der Waals surface area contributed by atoms with Crippen molar-refractivity contribution in [1.29, 1.82) is 0 Å². The number of hydrogen-bond acceptors (Lipinski definition) is 5. The smallest absolute Gasteiger partial charge is 0.305 e. The number of hydrogen-bond donors (Lipinski definition) is 4. The molecule has 0 radical (unpaired) electrons. The van der Waals surface area contributed by atoms with Crippen LogP contribution in [0.1, 0.15) is 20.3 Å². The standard InChI is InChI=1S/C10H16N4O3/c1-5(2)6(3-7(15)16)14-9-8(11)10(17)13-4-12-9/h4-6H,3,11H2,1-2H3,(H,15,16)(H2,12,13,14,17). The summed E-state index contributed by atoms with van der Waals surface area (Å²) in [5.74, 6) is -0.625. The number of carboxylic acids is 1. The molecule has 0 fully saturated rings. The molecule has 94 valence electrons. The summed E-state index contributed by atoms with van der Waals surface area (Å²) in [6.07, 6.45) is 1.16. The second-order valence-corrected chi connectivity index (χ2v) is 4.09. The number of carboxylic acid groups (broad SMARTS) is 1. The number of nitrogens with one attached hydrogen (secondary N) is 2. The Morgan fingerprint density at radius 3 is 2.82 bits per heavy atom. The Morgan fingerprint density at radius 1 is 1.65 bits per heavy atom. The largest absolute Gasteiger partial charge is 0.481 e. The van der Waals surface area contributed by atoms with Gasteiger partial charge in [-0.05, 0) is 5.92 Å². The van der Waals surface area contributed by atoms with Crippen molar-refractivity contribution in [2.24, 2.45) is 5.92 Å². The van der Waals surface area contributed by atoms with Crippen molar-refractivity contribution in [3.63, 3.8) is 0 Å². The molecule has 7 heteroatoms. The van der Waals surface area contributed by atoms with E-state index in [2.05, 4.69) is 15.3 Å². The van der Waals surface area contributed by atoms with E-state index in [1.165, 1.54) is 6.33 Å². The Labute approximate surface area is 98.1 Å². The van der Waals surface area contributed by atoms with E-state index in [1.807, 2.05) is 13.8 Å². The van der Waals surface area contributed by atoms with Gasteiger partial charge in [-0.15, -0.1) is 0 Å². The predicted octanol–water partition coefficient (Wildman–Crippen LogP) is 0.263. The van der Waals surface area contributed by atoms with Gasteiger partial charge in [-0.2, -0.15) is 0 Å². The summed E-state index contributed by atoms with van der Waals surface area (Å²) in [7, 11) is 0. The van der Waals surface area contributed by atoms with Gasteiger partial charge < -0.3 is 21.1 Å². The maximum atomic E-state index is 11.2. The van der Waals surface area contributed by atoms with Gasteiger partial charge in [0.15, 0.2) is 5.82 Å². The molecule has 0 aliphatic carbocycles. The van der Waals surface area contributed by atoms with Gasteiger partial charge in [-0.1, -0.05) is 13.8 Å². The first-order valence-electron chi connectivity index (χ1n) is 5.23. The minimum Gasteiger partial charge on any atom is -0.481 e. The molecule has 0 amide bonds. The predicted molar refractivity (Wildman–Crippen MR) is 63.8 cm³/mol. The van der Waals surface area contributed by atoms with Crippen LogP contribution >= 0.6 is 0 Å². The molecule has 7 nitrogen and oxygen atoms in total. The zero-order chi connectivity index (χ0) is 13.0. The molecule has 0 aliphatic heterocycles. The number of aliphatic carboxylic acids is 1. The number of H-pyrrole nitrogens is 1. The van der Waals surface area contributed by atoms with Gasteiger partial charge in [0, 0.05) is 6.04 Å².